The summed E-state index contributed by atoms with van der Waals surface area (Å²) in [4.78, 5) is 25.8. The van der Waals surface area contributed by atoms with Crippen LogP contribution >= 0.6 is 0 Å². The third-order valence-electron chi connectivity index (χ3n) is 4.14. The predicted molar refractivity (Wildman–Crippen MR) is 76.7 cm³/mol. The third-order valence-corrected chi connectivity index (χ3v) is 4.14. The molecule has 1 unspecified atom stereocenters. The third kappa shape index (κ3) is 2.55. The van der Waals surface area contributed by atoms with Crippen LogP contribution in [-0.4, -0.2) is 34.5 Å². The van der Waals surface area contributed by atoms with Crippen molar-refractivity contribution < 1.29 is 14.7 Å². The number of carboxylic acids is 1. The molecule has 2 rings (SSSR count). The molecule has 1 amide bonds. The molecule has 1 aliphatic rings. The molecule has 4 heteroatoms. The predicted octanol–water partition coefficient (Wildman–Crippen LogP) is 2.71. The van der Waals surface area contributed by atoms with Crippen LogP contribution in [0.1, 0.15) is 42.6 Å². The molecule has 1 aromatic rings. The van der Waals surface area contributed by atoms with Gasteiger partial charge in [-0.05, 0) is 36.8 Å². The fraction of sp³-hybridized carbons (Fsp3) is 0.500. The van der Waals surface area contributed by atoms with Crippen LogP contribution in [0.2, 0.25) is 0 Å². The zero-order valence-corrected chi connectivity index (χ0v) is 12.2. The second-order valence-corrected chi connectivity index (χ2v) is 6.15. The number of hydrogen-bond donors (Lipinski definition) is 1. The van der Waals surface area contributed by atoms with E-state index in [0.29, 0.717) is 12.1 Å². The monoisotopic (exact) mass is 275 g/mol. The van der Waals surface area contributed by atoms with E-state index in [-0.39, 0.29) is 5.91 Å². The van der Waals surface area contributed by atoms with E-state index in [1.807, 2.05) is 39.0 Å². The number of hydrogen-bond acceptors (Lipinski definition) is 2. The molecule has 1 aliphatic heterocycles. The Kier molecular flexibility index (Phi) is 3.84. The van der Waals surface area contributed by atoms with Crippen LogP contribution in [0.15, 0.2) is 24.3 Å². The number of nitrogens with zero attached hydrogens (tertiary/aromatic N) is 1. The highest BCUT2D eigenvalue weighted by atomic mass is 16.4. The van der Waals surface area contributed by atoms with E-state index in [0.717, 1.165) is 18.4 Å². The average molecular weight is 275 g/mol. The van der Waals surface area contributed by atoms with Crippen molar-refractivity contribution in [2.45, 2.75) is 39.7 Å². The molecule has 1 saturated heterocycles. The van der Waals surface area contributed by atoms with E-state index in [1.165, 1.54) is 4.90 Å². The molecule has 108 valence electrons. The van der Waals surface area contributed by atoms with Gasteiger partial charge in [0.1, 0.15) is 6.04 Å². The summed E-state index contributed by atoms with van der Waals surface area (Å²) >= 11 is 0. The van der Waals surface area contributed by atoms with Crippen molar-refractivity contribution in [3.63, 3.8) is 0 Å². The lowest BCUT2D eigenvalue weighted by Gasteiger charge is -2.44. The second kappa shape index (κ2) is 5.27. The summed E-state index contributed by atoms with van der Waals surface area (Å²) in [6.45, 7) is 6.22. The van der Waals surface area contributed by atoms with Crippen molar-refractivity contribution in [3.8, 4) is 0 Å². The molecule has 0 radical (unpaired) electrons. The van der Waals surface area contributed by atoms with Gasteiger partial charge in [0.25, 0.3) is 5.91 Å². The zero-order valence-electron chi connectivity index (χ0n) is 12.2. The molecule has 0 spiro atoms. The van der Waals surface area contributed by atoms with Gasteiger partial charge in [-0.2, -0.15) is 0 Å². The molecule has 1 heterocycles. The average Bonchev–Trinajstić information content (AvgIpc) is 2.36. The van der Waals surface area contributed by atoms with E-state index in [2.05, 4.69) is 0 Å². The van der Waals surface area contributed by atoms with Crippen LogP contribution in [0.3, 0.4) is 0 Å². The van der Waals surface area contributed by atoms with Gasteiger partial charge in [-0.25, -0.2) is 4.79 Å². The van der Waals surface area contributed by atoms with Crippen molar-refractivity contribution >= 4 is 11.9 Å². The number of piperidine rings is 1. The summed E-state index contributed by atoms with van der Waals surface area (Å²) in [6, 6.07) is 6.56. The largest absolute Gasteiger partial charge is 0.480 e. The number of amides is 1. The fourth-order valence-corrected chi connectivity index (χ4v) is 3.05. The molecule has 20 heavy (non-hydrogen) atoms. The van der Waals surface area contributed by atoms with Gasteiger partial charge in [-0.3, -0.25) is 4.79 Å². The molecule has 1 aromatic carbocycles. The van der Waals surface area contributed by atoms with Gasteiger partial charge in [-0.1, -0.05) is 32.0 Å². The minimum Gasteiger partial charge on any atom is -0.480 e. The van der Waals surface area contributed by atoms with Gasteiger partial charge in [0, 0.05) is 12.1 Å². The Morgan fingerprint density at radius 2 is 1.95 bits per heavy atom. The van der Waals surface area contributed by atoms with E-state index in [9.17, 15) is 14.7 Å². The van der Waals surface area contributed by atoms with Gasteiger partial charge < -0.3 is 10.0 Å². The van der Waals surface area contributed by atoms with Crippen molar-refractivity contribution in [3.05, 3.63) is 35.4 Å². The Bertz CT molecular complexity index is 536. The molecule has 1 atom stereocenters. The number of benzene rings is 1. The van der Waals surface area contributed by atoms with Gasteiger partial charge in [0.15, 0.2) is 0 Å². The molecular formula is C16H21NO3. The Morgan fingerprint density at radius 3 is 2.55 bits per heavy atom. The smallest absolute Gasteiger partial charge is 0.326 e. The first-order valence-corrected chi connectivity index (χ1v) is 6.94. The molecule has 1 N–H and O–H groups in total. The Hall–Kier alpha value is -1.84. The summed E-state index contributed by atoms with van der Waals surface area (Å²) in [6.07, 6.45) is 1.66. The normalized spacial score (nSPS) is 21.6. The molecule has 0 bridgehead atoms. The van der Waals surface area contributed by atoms with Crippen molar-refractivity contribution in [1.82, 2.24) is 4.90 Å². The lowest BCUT2D eigenvalue weighted by Crippen LogP contribution is -2.56. The van der Waals surface area contributed by atoms with E-state index in [1.54, 1.807) is 6.07 Å². The highest BCUT2D eigenvalue weighted by Crippen LogP contribution is 2.36. The molecule has 1 fully saturated rings. The van der Waals surface area contributed by atoms with Crippen LogP contribution in [0.5, 0.6) is 0 Å². The Morgan fingerprint density at radius 1 is 1.30 bits per heavy atom. The van der Waals surface area contributed by atoms with E-state index < -0.39 is 17.4 Å². The number of carboxylic acid groups (broad SMARTS) is 1. The standard InChI is InChI=1S/C16H21NO3/c1-11-7-4-5-8-12(11)14(18)17-10-6-9-16(2,3)13(17)15(19)20/h4-5,7-8,13H,6,9-10H2,1-3H3,(H,19,20). The first kappa shape index (κ1) is 14.6. The summed E-state index contributed by atoms with van der Waals surface area (Å²) in [5.74, 6) is -1.10. The molecule has 0 aromatic heterocycles. The maximum Gasteiger partial charge on any atom is 0.326 e. The summed E-state index contributed by atoms with van der Waals surface area (Å²) in [5, 5.41) is 9.52. The Balaban J connectivity index is 2.37. The number of likely N-dealkylation sites (tertiary alicyclic amines) is 1. The summed E-state index contributed by atoms with van der Waals surface area (Å²) in [7, 11) is 0. The topological polar surface area (TPSA) is 57.6 Å². The highest BCUT2D eigenvalue weighted by molar-refractivity contribution is 5.98. The van der Waals surface area contributed by atoms with Crippen LogP contribution in [-0.2, 0) is 4.79 Å². The zero-order chi connectivity index (χ0) is 14.9. The van der Waals surface area contributed by atoms with Crippen LogP contribution in [0.25, 0.3) is 0 Å². The number of rotatable bonds is 2. The van der Waals surface area contributed by atoms with Gasteiger partial charge in [0.2, 0.25) is 0 Å². The number of aliphatic carboxylic acids is 1. The van der Waals surface area contributed by atoms with Crippen molar-refractivity contribution in [2.24, 2.45) is 5.41 Å². The van der Waals surface area contributed by atoms with Crippen LogP contribution in [0, 0.1) is 12.3 Å². The van der Waals surface area contributed by atoms with E-state index in [4.69, 9.17) is 0 Å². The first-order valence-electron chi connectivity index (χ1n) is 6.94. The SMILES string of the molecule is Cc1ccccc1C(=O)N1CCCC(C)(C)C1C(=O)O. The Labute approximate surface area is 119 Å². The minimum absolute atomic E-state index is 0.178. The van der Waals surface area contributed by atoms with E-state index >= 15 is 0 Å². The van der Waals surface area contributed by atoms with Gasteiger partial charge >= 0.3 is 5.97 Å². The number of carbonyl (C=O) groups is 2. The first-order chi connectivity index (χ1) is 9.34. The van der Waals surface area contributed by atoms with Crippen molar-refractivity contribution in [2.75, 3.05) is 6.54 Å². The molecule has 0 saturated carbocycles. The van der Waals surface area contributed by atoms with Crippen LogP contribution in [0.4, 0.5) is 0 Å². The minimum atomic E-state index is -0.920. The van der Waals surface area contributed by atoms with Crippen LogP contribution < -0.4 is 0 Å². The van der Waals surface area contributed by atoms with Crippen molar-refractivity contribution in [1.29, 1.82) is 0 Å². The van der Waals surface area contributed by atoms with Gasteiger partial charge in [0.05, 0.1) is 0 Å². The quantitative estimate of drug-likeness (QED) is 0.902. The van der Waals surface area contributed by atoms with Gasteiger partial charge in [-0.15, -0.1) is 0 Å². The lowest BCUT2D eigenvalue weighted by atomic mass is 9.76. The molecule has 4 nitrogen and oxygen atoms in total. The highest BCUT2D eigenvalue weighted by Gasteiger charge is 2.44. The second-order valence-electron chi connectivity index (χ2n) is 6.15. The summed E-state index contributed by atoms with van der Waals surface area (Å²) < 4.78 is 0. The maximum atomic E-state index is 12.7. The lowest BCUT2D eigenvalue weighted by molar-refractivity contribution is -0.148. The fourth-order valence-electron chi connectivity index (χ4n) is 3.05. The molecule has 0 aliphatic carbocycles. The maximum absolute atomic E-state index is 12.7. The number of carbonyl (C=O) groups excluding carboxylic acids is 1. The summed E-state index contributed by atoms with van der Waals surface area (Å²) in [5.41, 5.74) is 1.07. The molecular weight excluding hydrogens is 254 g/mol. The number of aryl methyl sites for hydroxylation is 1.